The van der Waals surface area contributed by atoms with E-state index in [-0.39, 0.29) is 0 Å². The third kappa shape index (κ3) is 4.55. The molecular weight excluding hydrogens is 230 g/mol. The number of methoxy groups -OCH3 is 2. The van der Waals surface area contributed by atoms with E-state index in [1.807, 2.05) is 25.1 Å². The molecule has 0 aliphatic heterocycles. The molecule has 0 bridgehead atoms. The van der Waals surface area contributed by atoms with Crippen molar-refractivity contribution in [2.75, 3.05) is 27.4 Å². The van der Waals surface area contributed by atoms with Gasteiger partial charge >= 0.3 is 0 Å². The van der Waals surface area contributed by atoms with E-state index in [0.717, 1.165) is 18.0 Å². The van der Waals surface area contributed by atoms with Crippen molar-refractivity contribution >= 4 is 0 Å². The molecule has 0 heterocycles. The van der Waals surface area contributed by atoms with Crippen LogP contribution in [0, 0.1) is 0 Å². The van der Waals surface area contributed by atoms with Crippen LogP contribution >= 0.6 is 0 Å². The van der Waals surface area contributed by atoms with Gasteiger partial charge in [0.15, 0.2) is 11.5 Å². The van der Waals surface area contributed by atoms with Crippen LogP contribution in [0.5, 0.6) is 11.5 Å². The second-order valence-electron chi connectivity index (χ2n) is 4.16. The summed E-state index contributed by atoms with van der Waals surface area (Å²) in [5, 5.41) is 3.39. The molecule has 0 saturated carbocycles. The molecule has 0 aliphatic carbocycles. The second-order valence-corrected chi connectivity index (χ2v) is 4.16. The lowest BCUT2D eigenvalue weighted by Gasteiger charge is -2.14. The summed E-state index contributed by atoms with van der Waals surface area (Å²) in [4.78, 5) is 0. The lowest BCUT2D eigenvalue weighted by Crippen LogP contribution is -2.29. The molecule has 0 amide bonds. The maximum absolute atomic E-state index is 5.55. The van der Waals surface area contributed by atoms with Gasteiger partial charge in [0.1, 0.15) is 0 Å². The average Bonchev–Trinajstić information content (AvgIpc) is 2.37. The van der Waals surface area contributed by atoms with Gasteiger partial charge in [0, 0.05) is 19.7 Å². The summed E-state index contributed by atoms with van der Waals surface area (Å²) in [6.07, 6.45) is 0. The highest BCUT2D eigenvalue weighted by Crippen LogP contribution is 2.27. The first-order valence-electron chi connectivity index (χ1n) is 6.23. The smallest absolute Gasteiger partial charge is 0.161 e. The van der Waals surface area contributed by atoms with E-state index in [9.17, 15) is 0 Å². The van der Waals surface area contributed by atoms with E-state index >= 15 is 0 Å². The lowest BCUT2D eigenvalue weighted by atomic mass is 10.2. The molecule has 1 rings (SSSR count). The van der Waals surface area contributed by atoms with Crippen molar-refractivity contribution in [1.82, 2.24) is 5.32 Å². The van der Waals surface area contributed by atoms with Gasteiger partial charge in [-0.25, -0.2) is 0 Å². The Morgan fingerprint density at radius 1 is 1.22 bits per heavy atom. The number of nitrogens with one attached hydrogen (secondary N) is 1. The molecule has 102 valence electrons. The Kier molecular flexibility index (Phi) is 6.54. The summed E-state index contributed by atoms with van der Waals surface area (Å²) in [5.74, 6) is 1.56. The van der Waals surface area contributed by atoms with E-state index in [1.165, 1.54) is 5.56 Å². The van der Waals surface area contributed by atoms with Crippen LogP contribution in [0.4, 0.5) is 0 Å². The van der Waals surface area contributed by atoms with E-state index in [4.69, 9.17) is 14.2 Å². The highest BCUT2D eigenvalue weighted by molar-refractivity contribution is 5.42. The average molecular weight is 253 g/mol. The Morgan fingerprint density at radius 2 is 2.00 bits per heavy atom. The molecule has 0 unspecified atom stereocenters. The third-order valence-electron chi connectivity index (χ3n) is 2.60. The van der Waals surface area contributed by atoms with E-state index in [1.54, 1.807) is 14.2 Å². The maximum atomic E-state index is 5.55. The van der Waals surface area contributed by atoms with Crippen LogP contribution in [0.25, 0.3) is 0 Å². The number of hydrogen-bond acceptors (Lipinski definition) is 4. The van der Waals surface area contributed by atoms with Crippen molar-refractivity contribution < 1.29 is 14.2 Å². The minimum absolute atomic E-state index is 0.327. The molecule has 18 heavy (non-hydrogen) atoms. The zero-order valence-corrected chi connectivity index (χ0v) is 11.7. The fourth-order valence-corrected chi connectivity index (χ4v) is 1.70. The second kappa shape index (κ2) is 7.95. The van der Waals surface area contributed by atoms with Crippen LogP contribution in [-0.2, 0) is 11.3 Å². The summed E-state index contributed by atoms with van der Waals surface area (Å²) in [5.41, 5.74) is 1.17. The SMILES string of the molecule is CCOc1cc(CN[C@H](C)COC)ccc1OC. The molecule has 1 aromatic rings. The van der Waals surface area contributed by atoms with Gasteiger partial charge in [0.25, 0.3) is 0 Å². The summed E-state index contributed by atoms with van der Waals surface area (Å²) in [7, 11) is 3.36. The summed E-state index contributed by atoms with van der Waals surface area (Å²) >= 11 is 0. The van der Waals surface area contributed by atoms with Crippen LogP contribution in [0.2, 0.25) is 0 Å². The highest BCUT2D eigenvalue weighted by Gasteiger charge is 2.06. The van der Waals surface area contributed by atoms with Crippen molar-refractivity contribution in [3.63, 3.8) is 0 Å². The van der Waals surface area contributed by atoms with Crippen LogP contribution in [0.1, 0.15) is 19.4 Å². The Labute approximate surface area is 109 Å². The summed E-state index contributed by atoms with van der Waals surface area (Å²) in [6.45, 7) is 6.18. The Balaban J connectivity index is 2.63. The van der Waals surface area contributed by atoms with E-state index in [2.05, 4.69) is 12.2 Å². The van der Waals surface area contributed by atoms with Gasteiger partial charge in [-0.3, -0.25) is 0 Å². The quantitative estimate of drug-likeness (QED) is 0.771. The molecule has 0 saturated heterocycles. The fourth-order valence-electron chi connectivity index (χ4n) is 1.70. The fraction of sp³-hybridized carbons (Fsp3) is 0.571. The van der Waals surface area contributed by atoms with Crippen molar-refractivity contribution in [2.24, 2.45) is 0 Å². The molecule has 4 heteroatoms. The minimum atomic E-state index is 0.327. The van der Waals surface area contributed by atoms with Gasteiger partial charge < -0.3 is 19.5 Å². The van der Waals surface area contributed by atoms with Crippen molar-refractivity contribution in [3.8, 4) is 11.5 Å². The molecule has 1 atom stereocenters. The molecule has 1 N–H and O–H groups in total. The molecule has 0 fully saturated rings. The zero-order valence-electron chi connectivity index (χ0n) is 11.7. The maximum Gasteiger partial charge on any atom is 0.161 e. The molecule has 0 aliphatic rings. The van der Waals surface area contributed by atoms with Crippen LogP contribution < -0.4 is 14.8 Å². The molecular formula is C14H23NO3. The monoisotopic (exact) mass is 253 g/mol. The molecule has 0 spiro atoms. The minimum Gasteiger partial charge on any atom is -0.493 e. The lowest BCUT2D eigenvalue weighted by molar-refractivity contribution is 0.171. The van der Waals surface area contributed by atoms with Crippen molar-refractivity contribution in [1.29, 1.82) is 0 Å². The Morgan fingerprint density at radius 3 is 2.61 bits per heavy atom. The Bertz CT molecular complexity index is 355. The van der Waals surface area contributed by atoms with Gasteiger partial charge in [-0.2, -0.15) is 0 Å². The van der Waals surface area contributed by atoms with Gasteiger partial charge in [0.2, 0.25) is 0 Å². The first-order valence-corrected chi connectivity index (χ1v) is 6.23. The third-order valence-corrected chi connectivity index (χ3v) is 2.60. The standard InChI is InChI=1S/C14H23NO3/c1-5-18-14-8-12(6-7-13(14)17-4)9-15-11(2)10-16-3/h6-8,11,15H,5,9-10H2,1-4H3/t11-/m1/s1. The van der Waals surface area contributed by atoms with E-state index < -0.39 is 0 Å². The van der Waals surface area contributed by atoms with Crippen LogP contribution in [0.3, 0.4) is 0 Å². The van der Waals surface area contributed by atoms with Gasteiger partial charge in [-0.1, -0.05) is 6.07 Å². The normalized spacial score (nSPS) is 12.2. The molecule has 0 aromatic heterocycles. The Hall–Kier alpha value is -1.26. The number of benzene rings is 1. The van der Waals surface area contributed by atoms with Gasteiger partial charge in [0.05, 0.1) is 20.3 Å². The number of ether oxygens (including phenoxy) is 3. The topological polar surface area (TPSA) is 39.7 Å². The van der Waals surface area contributed by atoms with Crippen molar-refractivity contribution in [3.05, 3.63) is 23.8 Å². The highest BCUT2D eigenvalue weighted by atomic mass is 16.5. The molecule has 4 nitrogen and oxygen atoms in total. The first kappa shape index (κ1) is 14.8. The van der Waals surface area contributed by atoms with E-state index in [0.29, 0.717) is 19.3 Å². The molecule has 1 aromatic carbocycles. The van der Waals surface area contributed by atoms with Gasteiger partial charge in [-0.05, 0) is 31.5 Å². The predicted octanol–water partition coefficient (Wildman–Crippen LogP) is 2.22. The number of rotatable bonds is 8. The predicted molar refractivity (Wildman–Crippen MR) is 72.3 cm³/mol. The molecule has 0 radical (unpaired) electrons. The summed E-state index contributed by atoms with van der Waals surface area (Å²) < 4.78 is 15.9. The first-order chi connectivity index (χ1) is 8.71. The van der Waals surface area contributed by atoms with Crippen molar-refractivity contribution in [2.45, 2.75) is 26.4 Å². The summed E-state index contributed by atoms with van der Waals surface area (Å²) in [6, 6.07) is 6.30. The largest absolute Gasteiger partial charge is 0.493 e. The number of hydrogen-bond donors (Lipinski definition) is 1. The van der Waals surface area contributed by atoms with Gasteiger partial charge in [-0.15, -0.1) is 0 Å². The zero-order chi connectivity index (χ0) is 13.4. The van der Waals surface area contributed by atoms with Crippen LogP contribution in [0.15, 0.2) is 18.2 Å². The van der Waals surface area contributed by atoms with Crippen LogP contribution in [-0.4, -0.2) is 33.5 Å².